The second kappa shape index (κ2) is 5.73. The summed E-state index contributed by atoms with van der Waals surface area (Å²) in [5.41, 5.74) is 1.63. The van der Waals surface area contributed by atoms with E-state index >= 15 is 0 Å². The molecule has 0 aromatic heterocycles. The molecule has 20 heavy (non-hydrogen) atoms. The Balaban J connectivity index is 2.53. The molecule has 1 aromatic carbocycles. The Hall–Kier alpha value is -1.71. The molecule has 9 heteroatoms. The lowest BCUT2D eigenvalue weighted by Crippen LogP contribution is -2.36. The van der Waals surface area contributed by atoms with Gasteiger partial charge in [-0.05, 0) is 25.0 Å². The van der Waals surface area contributed by atoms with E-state index in [0.717, 1.165) is 19.3 Å². The molecule has 1 aliphatic heterocycles. The van der Waals surface area contributed by atoms with Crippen LogP contribution in [0, 0.1) is 10.1 Å². The van der Waals surface area contributed by atoms with Crippen molar-refractivity contribution in [2.24, 2.45) is 5.84 Å². The van der Waals surface area contributed by atoms with Gasteiger partial charge in [-0.3, -0.25) is 16.0 Å². The number of piperidine rings is 1. The molecular weight excluding hydrogens is 284 g/mol. The Morgan fingerprint density at radius 2 is 1.90 bits per heavy atom. The average molecular weight is 300 g/mol. The van der Waals surface area contributed by atoms with Crippen LogP contribution in [-0.2, 0) is 10.0 Å². The van der Waals surface area contributed by atoms with E-state index in [0.29, 0.717) is 13.1 Å². The number of anilines is 1. The molecule has 1 fully saturated rings. The largest absolute Gasteiger partial charge is 0.318 e. The Bertz CT molecular complexity index is 611. The molecule has 0 aliphatic carbocycles. The van der Waals surface area contributed by atoms with Gasteiger partial charge in [-0.2, -0.15) is 4.31 Å². The number of nitrogens with two attached hydrogens (primary N) is 1. The first-order valence-electron chi connectivity index (χ1n) is 6.22. The molecule has 1 heterocycles. The van der Waals surface area contributed by atoms with Crippen LogP contribution in [0.1, 0.15) is 19.3 Å². The van der Waals surface area contributed by atoms with Crippen molar-refractivity contribution in [1.29, 1.82) is 0 Å². The highest BCUT2D eigenvalue weighted by Crippen LogP contribution is 2.33. The van der Waals surface area contributed by atoms with Gasteiger partial charge < -0.3 is 5.43 Å². The van der Waals surface area contributed by atoms with E-state index in [-0.39, 0.29) is 10.6 Å². The number of hydrogen-bond donors (Lipinski definition) is 2. The van der Waals surface area contributed by atoms with E-state index in [1.165, 1.54) is 22.5 Å². The summed E-state index contributed by atoms with van der Waals surface area (Å²) in [5.74, 6) is 5.22. The van der Waals surface area contributed by atoms with Crippen molar-refractivity contribution in [2.45, 2.75) is 24.2 Å². The third kappa shape index (κ3) is 2.60. The van der Waals surface area contributed by atoms with E-state index in [4.69, 9.17) is 5.84 Å². The minimum Gasteiger partial charge on any atom is -0.318 e. The monoisotopic (exact) mass is 300 g/mol. The van der Waals surface area contributed by atoms with Crippen molar-refractivity contribution < 1.29 is 13.3 Å². The molecule has 0 saturated carbocycles. The van der Waals surface area contributed by atoms with E-state index in [2.05, 4.69) is 5.43 Å². The van der Waals surface area contributed by atoms with E-state index < -0.39 is 20.6 Å². The van der Waals surface area contributed by atoms with Crippen LogP contribution in [0.3, 0.4) is 0 Å². The second-order valence-corrected chi connectivity index (χ2v) is 6.42. The zero-order valence-corrected chi connectivity index (χ0v) is 11.6. The lowest BCUT2D eigenvalue weighted by molar-refractivity contribution is -0.386. The fraction of sp³-hybridized carbons (Fsp3) is 0.455. The molecule has 0 bridgehead atoms. The van der Waals surface area contributed by atoms with Gasteiger partial charge in [-0.25, -0.2) is 8.42 Å². The van der Waals surface area contributed by atoms with Crippen LogP contribution in [0.4, 0.5) is 11.4 Å². The predicted molar refractivity (Wildman–Crippen MR) is 73.5 cm³/mol. The topological polar surface area (TPSA) is 119 Å². The smallest absolute Gasteiger partial charge is 0.313 e. The summed E-state index contributed by atoms with van der Waals surface area (Å²) in [7, 11) is -3.87. The quantitative estimate of drug-likeness (QED) is 0.487. The van der Waals surface area contributed by atoms with E-state index in [1.54, 1.807) is 0 Å². The van der Waals surface area contributed by atoms with Crippen molar-refractivity contribution in [3.05, 3.63) is 28.3 Å². The number of rotatable bonds is 4. The van der Waals surface area contributed by atoms with Crippen LogP contribution in [-0.4, -0.2) is 30.7 Å². The number of nitrogens with zero attached hydrogens (tertiary/aromatic N) is 2. The molecule has 0 atom stereocenters. The fourth-order valence-electron chi connectivity index (χ4n) is 2.28. The third-order valence-electron chi connectivity index (χ3n) is 3.27. The summed E-state index contributed by atoms with van der Waals surface area (Å²) in [6.07, 6.45) is 2.50. The minimum atomic E-state index is -3.87. The van der Waals surface area contributed by atoms with Gasteiger partial charge in [0.05, 0.1) is 4.92 Å². The summed E-state index contributed by atoms with van der Waals surface area (Å²) in [4.78, 5) is 10.1. The van der Waals surface area contributed by atoms with Crippen LogP contribution in [0.2, 0.25) is 0 Å². The first kappa shape index (κ1) is 14.7. The van der Waals surface area contributed by atoms with Crippen molar-refractivity contribution >= 4 is 21.4 Å². The number of nitro groups is 1. The maximum Gasteiger partial charge on any atom is 0.313 e. The van der Waals surface area contributed by atoms with Gasteiger partial charge in [-0.15, -0.1) is 0 Å². The van der Waals surface area contributed by atoms with Crippen LogP contribution >= 0.6 is 0 Å². The van der Waals surface area contributed by atoms with Crippen LogP contribution in [0.15, 0.2) is 23.1 Å². The van der Waals surface area contributed by atoms with Gasteiger partial charge in [0.15, 0.2) is 4.90 Å². The SMILES string of the molecule is NNc1cccc(S(=O)(=O)N2CCCCC2)c1[N+](=O)[O-]. The maximum absolute atomic E-state index is 12.5. The molecule has 8 nitrogen and oxygen atoms in total. The molecule has 1 aliphatic rings. The van der Waals surface area contributed by atoms with Gasteiger partial charge in [0.2, 0.25) is 10.0 Å². The zero-order valence-electron chi connectivity index (χ0n) is 10.8. The molecule has 1 aromatic rings. The maximum atomic E-state index is 12.5. The highest BCUT2D eigenvalue weighted by molar-refractivity contribution is 7.89. The molecule has 0 amide bonds. The van der Waals surface area contributed by atoms with Gasteiger partial charge >= 0.3 is 5.69 Å². The number of sulfonamides is 1. The standard InChI is InChI=1S/C11H16N4O4S/c12-13-9-5-4-6-10(11(9)15(16)17)20(18,19)14-7-2-1-3-8-14/h4-6,13H,1-3,7-8,12H2. The molecule has 0 radical (unpaired) electrons. The Kier molecular flexibility index (Phi) is 4.21. The van der Waals surface area contributed by atoms with Crippen LogP contribution < -0.4 is 11.3 Å². The predicted octanol–water partition coefficient (Wildman–Crippen LogP) is 1.06. The molecular formula is C11H16N4O4S. The van der Waals surface area contributed by atoms with Gasteiger partial charge in [0.1, 0.15) is 5.69 Å². The van der Waals surface area contributed by atoms with Gasteiger partial charge in [0.25, 0.3) is 0 Å². The molecule has 3 N–H and O–H groups in total. The lowest BCUT2D eigenvalue weighted by atomic mass is 10.2. The number of benzene rings is 1. The second-order valence-electron chi connectivity index (χ2n) is 4.52. The number of nitrogen functional groups attached to an aromatic ring is 1. The van der Waals surface area contributed by atoms with Crippen molar-refractivity contribution in [3.63, 3.8) is 0 Å². The molecule has 1 saturated heterocycles. The highest BCUT2D eigenvalue weighted by atomic mass is 32.2. The Morgan fingerprint density at radius 3 is 2.45 bits per heavy atom. The van der Waals surface area contributed by atoms with E-state index in [9.17, 15) is 18.5 Å². The fourth-order valence-corrected chi connectivity index (χ4v) is 3.98. The van der Waals surface area contributed by atoms with Gasteiger partial charge in [-0.1, -0.05) is 12.5 Å². The number of hydrazine groups is 1. The molecule has 0 unspecified atom stereocenters. The summed E-state index contributed by atoms with van der Waals surface area (Å²) < 4.78 is 26.4. The first-order valence-corrected chi connectivity index (χ1v) is 7.66. The van der Waals surface area contributed by atoms with Crippen molar-refractivity contribution in [1.82, 2.24) is 4.31 Å². The van der Waals surface area contributed by atoms with Crippen LogP contribution in [0.25, 0.3) is 0 Å². The Morgan fingerprint density at radius 1 is 1.25 bits per heavy atom. The molecule has 2 rings (SSSR count). The van der Waals surface area contributed by atoms with E-state index in [1.807, 2.05) is 0 Å². The third-order valence-corrected chi connectivity index (χ3v) is 5.20. The van der Waals surface area contributed by atoms with Crippen molar-refractivity contribution in [3.8, 4) is 0 Å². The average Bonchev–Trinajstić information content (AvgIpc) is 2.47. The summed E-state index contributed by atoms with van der Waals surface area (Å²) in [6.45, 7) is 0.777. The van der Waals surface area contributed by atoms with Crippen LogP contribution in [0.5, 0.6) is 0 Å². The normalized spacial score (nSPS) is 16.9. The highest BCUT2D eigenvalue weighted by Gasteiger charge is 2.34. The Labute approximate surface area is 116 Å². The zero-order chi connectivity index (χ0) is 14.8. The summed E-state index contributed by atoms with van der Waals surface area (Å²) >= 11 is 0. The number of para-hydroxylation sites is 1. The van der Waals surface area contributed by atoms with Gasteiger partial charge in [0, 0.05) is 13.1 Å². The number of hydrogen-bond acceptors (Lipinski definition) is 6. The number of nitro benzene ring substituents is 1. The number of nitrogens with one attached hydrogen (secondary N) is 1. The molecule has 110 valence electrons. The van der Waals surface area contributed by atoms with Crippen molar-refractivity contribution in [2.75, 3.05) is 18.5 Å². The first-order chi connectivity index (χ1) is 9.48. The molecule has 0 spiro atoms. The lowest BCUT2D eigenvalue weighted by Gasteiger charge is -2.25. The minimum absolute atomic E-state index is 0.0203. The summed E-state index contributed by atoms with van der Waals surface area (Å²) in [6, 6.07) is 4.04. The summed E-state index contributed by atoms with van der Waals surface area (Å²) in [5, 5.41) is 11.2.